The van der Waals surface area contributed by atoms with Gasteiger partial charge in [0.25, 0.3) is 0 Å². The van der Waals surface area contributed by atoms with Gasteiger partial charge in [-0.2, -0.15) is 0 Å². The second-order valence-electron chi connectivity index (χ2n) is 4.17. The first-order valence-electron chi connectivity index (χ1n) is 5.92. The van der Waals surface area contributed by atoms with Gasteiger partial charge in [-0.1, -0.05) is 6.07 Å². The number of aromatic nitrogens is 2. The zero-order chi connectivity index (χ0) is 14.5. The minimum atomic E-state index is -1.60. The molecule has 0 bridgehead atoms. The Hall–Kier alpha value is -2.76. The Bertz CT molecular complexity index is 646. The van der Waals surface area contributed by atoms with E-state index in [2.05, 4.69) is 4.98 Å². The van der Waals surface area contributed by atoms with Crippen LogP contribution in [0.15, 0.2) is 42.7 Å². The molecule has 6 heteroatoms. The van der Waals surface area contributed by atoms with Crippen LogP contribution in [0.3, 0.4) is 0 Å². The fourth-order valence-corrected chi connectivity index (χ4v) is 1.78. The summed E-state index contributed by atoms with van der Waals surface area (Å²) < 4.78 is 1.64. The van der Waals surface area contributed by atoms with Crippen LogP contribution in [-0.2, 0) is 16.1 Å². The van der Waals surface area contributed by atoms with Gasteiger partial charge in [0, 0.05) is 12.4 Å². The molecule has 20 heavy (non-hydrogen) atoms. The summed E-state index contributed by atoms with van der Waals surface area (Å²) in [6, 6.07) is 8.66. The lowest BCUT2D eigenvalue weighted by molar-refractivity contribution is -0.148. The van der Waals surface area contributed by atoms with Gasteiger partial charge in [0.05, 0.1) is 24.4 Å². The fourth-order valence-electron chi connectivity index (χ4n) is 1.78. The van der Waals surface area contributed by atoms with Crippen molar-refractivity contribution in [3.63, 3.8) is 0 Å². The summed E-state index contributed by atoms with van der Waals surface area (Å²) in [4.78, 5) is 37.6. The molecule has 0 saturated carbocycles. The number of Topliss-reactive ketones (excluding diaryl/α,β-unsaturated/α-hetero) is 2. The molecule has 2 rings (SSSR count). The maximum atomic E-state index is 11.9. The van der Waals surface area contributed by atoms with Crippen LogP contribution in [-0.4, -0.2) is 32.2 Å². The quantitative estimate of drug-likeness (QED) is 0.484. The molecule has 2 heterocycles. The van der Waals surface area contributed by atoms with Gasteiger partial charge >= 0.3 is 5.97 Å². The summed E-state index contributed by atoms with van der Waals surface area (Å²) >= 11 is 0. The highest BCUT2D eigenvalue weighted by Crippen LogP contribution is 2.09. The Morgan fingerprint density at radius 2 is 1.95 bits per heavy atom. The third-order valence-corrected chi connectivity index (χ3v) is 2.73. The summed E-state index contributed by atoms with van der Waals surface area (Å²) in [5.74, 6) is -3.22. The Morgan fingerprint density at radius 3 is 2.60 bits per heavy atom. The number of carbonyl (C=O) groups is 3. The third-order valence-electron chi connectivity index (χ3n) is 2.73. The number of pyridine rings is 1. The van der Waals surface area contributed by atoms with E-state index in [9.17, 15) is 14.4 Å². The molecule has 0 aliphatic carbocycles. The lowest BCUT2D eigenvalue weighted by Crippen LogP contribution is -2.19. The van der Waals surface area contributed by atoms with E-state index in [1.165, 1.54) is 0 Å². The number of aliphatic carboxylic acids is 1. The lowest BCUT2D eigenvalue weighted by atomic mass is 10.1. The minimum absolute atomic E-state index is 0.297. The van der Waals surface area contributed by atoms with Crippen LogP contribution in [0.5, 0.6) is 0 Å². The van der Waals surface area contributed by atoms with E-state index in [-0.39, 0.29) is 0 Å². The maximum Gasteiger partial charge on any atom is 0.372 e. The first-order valence-corrected chi connectivity index (χ1v) is 5.92. The predicted octanol–water partition coefficient (Wildman–Crippen LogP) is 1.16. The molecule has 0 aliphatic rings. The summed E-state index contributed by atoms with van der Waals surface area (Å²) in [7, 11) is 0. The Balaban J connectivity index is 2.14. The molecule has 0 fully saturated rings. The number of carboxylic acids is 1. The number of hydrogen-bond acceptors (Lipinski definition) is 4. The van der Waals surface area contributed by atoms with E-state index in [0.717, 1.165) is 5.69 Å². The summed E-state index contributed by atoms with van der Waals surface area (Å²) in [6.07, 6.45) is 2.70. The van der Waals surface area contributed by atoms with Gasteiger partial charge in [0.15, 0.2) is 5.78 Å². The molecule has 0 atom stereocenters. The van der Waals surface area contributed by atoms with E-state index in [1.54, 1.807) is 35.2 Å². The molecule has 0 unspecified atom stereocenters. The molecule has 2 aromatic rings. The van der Waals surface area contributed by atoms with Gasteiger partial charge < -0.3 is 9.67 Å². The number of carboxylic acid groups (broad SMARTS) is 1. The second-order valence-corrected chi connectivity index (χ2v) is 4.17. The van der Waals surface area contributed by atoms with Gasteiger partial charge in [-0.25, -0.2) is 4.79 Å². The van der Waals surface area contributed by atoms with E-state index in [1.807, 2.05) is 12.1 Å². The number of carbonyl (C=O) groups excluding carboxylic acids is 2. The molecule has 0 saturated heterocycles. The van der Waals surface area contributed by atoms with Crippen LogP contribution in [0.1, 0.15) is 22.6 Å². The van der Waals surface area contributed by atoms with Crippen molar-refractivity contribution in [1.29, 1.82) is 0 Å². The van der Waals surface area contributed by atoms with E-state index in [0.29, 0.717) is 12.2 Å². The molecule has 0 radical (unpaired) electrons. The van der Waals surface area contributed by atoms with E-state index >= 15 is 0 Å². The summed E-state index contributed by atoms with van der Waals surface area (Å²) in [5, 5.41) is 8.51. The summed E-state index contributed by atoms with van der Waals surface area (Å²) in [5.41, 5.74) is 1.06. The monoisotopic (exact) mass is 272 g/mol. The third kappa shape index (κ3) is 3.17. The van der Waals surface area contributed by atoms with Crippen LogP contribution in [0.2, 0.25) is 0 Å². The highest BCUT2D eigenvalue weighted by atomic mass is 16.4. The van der Waals surface area contributed by atoms with Crippen molar-refractivity contribution in [3.05, 3.63) is 54.1 Å². The molecule has 0 spiro atoms. The number of nitrogens with zero attached hydrogens (tertiary/aromatic N) is 2. The molecule has 6 nitrogen and oxygen atoms in total. The Morgan fingerprint density at radius 1 is 1.15 bits per heavy atom. The maximum absolute atomic E-state index is 11.9. The molecular weight excluding hydrogens is 260 g/mol. The molecule has 102 valence electrons. The van der Waals surface area contributed by atoms with Crippen LogP contribution in [0.4, 0.5) is 0 Å². The van der Waals surface area contributed by atoms with Crippen molar-refractivity contribution in [3.8, 4) is 0 Å². The smallest absolute Gasteiger partial charge is 0.372 e. The second kappa shape index (κ2) is 5.92. The number of ketones is 2. The highest BCUT2D eigenvalue weighted by Gasteiger charge is 2.19. The average molecular weight is 272 g/mol. The molecule has 1 N–H and O–H groups in total. The minimum Gasteiger partial charge on any atom is -0.475 e. The van der Waals surface area contributed by atoms with Crippen LogP contribution < -0.4 is 0 Å². The Labute approximate surface area is 114 Å². The van der Waals surface area contributed by atoms with Crippen molar-refractivity contribution >= 4 is 17.5 Å². The molecule has 0 amide bonds. The lowest BCUT2D eigenvalue weighted by Gasteiger charge is -2.07. The van der Waals surface area contributed by atoms with Crippen LogP contribution in [0, 0.1) is 0 Å². The highest BCUT2D eigenvalue weighted by molar-refractivity contribution is 6.37. The van der Waals surface area contributed by atoms with Crippen molar-refractivity contribution in [2.45, 2.75) is 13.0 Å². The SMILES string of the molecule is O=C(O)C(=O)CC(=O)c1cccn1Cc1ccccn1. The molecule has 0 aliphatic heterocycles. The van der Waals surface area contributed by atoms with Gasteiger partial charge in [-0.15, -0.1) is 0 Å². The zero-order valence-electron chi connectivity index (χ0n) is 10.5. The van der Waals surface area contributed by atoms with Crippen molar-refractivity contribution in [2.24, 2.45) is 0 Å². The first-order chi connectivity index (χ1) is 9.58. The predicted molar refractivity (Wildman–Crippen MR) is 69.4 cm³/mol. The van der Waals surface area contributed by atoms with Gasteiger partial charge in [-0.05, 0) is 24.3 Å². The first kappa shape index (κ1) is 13.7. The average Bonchev–Trinajstić information content (AvgIpc) is 2.88. The topological polar surface area (TPSA) is 89.3 Å². The molecular formula is C14H12N2O4. The molecule has 0 aromatic carbocycles. The van der Waals surface area contributed by atoms with Crippen LogP contribution in [0.25, 0.3) is 0 Å². The summed E-state index contributed by atoms with van der Waals surface area (Å²) in [6.45, 7) is 0.385. The van der Waals surface area contributed by atoms with Gasteiger partial charge in [-0.3, -0.25) is 14.6 Å². The van der Waals surface area contributed by atoms with Crippen molar-refractivity contribution in [2.75, 3.05) is 0 Å². The fraction of sp³-hybridized carbons (Fsp3) is 0.143. The molecule has 2 aromatic heterocycles. The zero-order valence-corrected chi connectivity index (χ0v) is 10.5. The van der Waals surface area contributed by atoms with E-state index in [4.69, 9.17) is 5.11 Å². The van der Waals surface area contributed by atoms with Crippen molar-refractivity contribution < 1.29 is 19.5 Å². The largest absolute Gasteiger partial charge is 0.475 e. The Kier molecular flexibility index (Phi) is 4.05. The standard InChI is InChI=1S/C14H12N2O4/c17-12(8-13(18)14(19)20)11-5-3-7-16(11)9-10-4-1-2-6-15-10/h1-7H,8-9H2,(H,19,20). The van der Waals surface area contributed by atoms with Crippen molar-refractivity contribution in [1.82, 2.24) is 9.55 Å². The van der Waals surface area contributed by atoms with E-state index < -0.39 is 24.0 Å². The van der Waals surface area contributed by atoms with Gasteiger partial charge in [0.2, 0.25) is 5.78 Å². The van der Waals surface area contributed by atoms with Crippen LogP contribution >= 0.6 is 0 Å². The van der Waals surface area contributed by atoms with Gasteiger partial charge in [0.1, 0.15) is 0 Å². The normalized spacial score (nSPS) is 10.2. The number of rotatable bonds is 6. The number of hydrogen-bond donors (Lipinski definition) is 1.